The first-order valence-electron chi connectivity index (χ1n) is 8.74. The number of nitrogens with zero attached hydrogens (tertiary/aromatic N) is 3. The fourth-order valence-electron chi connectivity index (χ4n) is 3.41. The summed E-state index contributed by atoms with van der Waals surface area (Å²) in [4.78, 5) is 25.2. The molecular formula is C19H23N3O4. The zero-order valence-electron chi connectivity index (χ0n) is 15.1. The Morgan fingerprint density at radius 3 is 2.54 bits per heavy atom. The number of piperidine rings is 1. The fourth-order valence-corrected chi connectivity index (χ4v) is 3.41. The molecule has 26 heavy (non-hydrogen) atoms. The molecule has 138 valence electrons. The molecule has 0 unspecified atom stereocenters. The lowest BCUT2D eigenvalue weighted by atomic mass is 9.98. The summed E-state index contributed by atoms with van der Waals surface area (Å²) in [5, 5.41) is 11.3. The third kappa shape index (κ3) is 3.77. The van der Waals surface area contributed by atoms with Gasteiger partial charge in [0.25, 0.3) is 11.2 Å². The van der Waals surface area contributed by atoms with Crippen molar-refractivity contribution in [3.63, 3.8) is 0 Å². The molecule has 2 aromatic rings. The summed E-state index contributed by atoms with van der Waals surface area (Å²) in [6.07, 6.45) is 5.27. The third-order valence-corrected chi connectivity index (χ3v) is 4.85. The molecule has 0 bridgehead atoms. The number of hydrogen-bond acceptors (Lipinski definition) is 5. The summed E-state index contributed by atoms with van der Waals surface area (Å²) in [6, 6.07) is 6.34. The summed E-state index contributed by atoms with van der Waals surface area (Å²) in [5.41, 5.74) is 2.25. The van der Waals surface area contributed by atoms with E-state index in [9.17, 15) is 14.9 Å². The number of methoxy groups -OCH3 is 1. The summed E-state index contributed by atoms with van der Waals surface area (Å²) in [7, 11) is 3.16. The maximum absolute atomic E-state index is 11.9. The predicted molar refractivity (Wildman–Crippen MR) is 99.5 cm³/mol. The Bertz CT molecular complexity index is 870. The molecule has 0 N–H and O–H groups in total. The lowest BCUT2D eigenvalue weighted by molar-refractivity contribution is -0.384. The van der Waals surface area contributed by atoms with E-state index in [1.807, 2.05) is 6.07 Å². The van der Waals surface area contributed by atoms with Crippen molar-refractivity contribution in [2.75, 3.05) is 20.2 Å². The Labute approximate surface area is 152 Å². The van der Waals surface area contributed by atoms with Gasteiger partial charge in [-0.05, 0) is 37.1 Å². The number of benzene rings is 1. The molecule has 0 radical (unpaired) electrons. The number of aryl methyl sites for hydroxylation is 1. The van der Waals surface area contributed by atoms with Crippen LogP contribution in [0.25, 0.3) is 11.1 Å². The van der Waals surface area contributed by atoms with Crippen LogP contribution in [0.1, 0.15) is 24.8 Å². The van der Waals surface area contributed by atoms with Crippen LogP contribution in [0.4, 0.5) is 5.69 Å². The van der Waals surface area contributed by atoms with Gasteiger partial charge in [-0.3, -0.25) is 19.8 Å². The van der Waals surface area contributed by atoms with Crippen molar-refractivity contribution >= 4 is 5.69 Å². The van der Waals surface area contributed by atoms with E-state index in [0.29, 0.717) is 11.3 Å². The van der Waals surface area contributed by atoms with Gasteiger partial charge in [-0.25, -0.2) is 0 Å². The van der Waals surface area contributed by atoms with E-state index in [2.05, 4.69) is 4.90 Å². The highest BCUT2D eigenvalue weighted by molar-refractivity contribution is 5.74. The number of ether oxygens (including phenoxy) is 1. The highest BCUT2D eigenvalue weighted by atomic mass is 16.6. The van der Waals surface area contributed by atoms with Gasteiger partial charge in [-0.1, -0.05) is 12.5 Å². The average Bonchev–Trinajstić information content (AvgIpc) is 2.64. The highest BCUT2D eigenvalue weighted by Crippen LogP contribution is 2.34. The Kier molecular flexibility index (Phi) is 5.37. The zero-order chi connectivity index (χ0) is 18.7. The van der Waals surface area contributed by atoms with Crippen molar-refractivity contribution in [2.45, 2.75) is 25.8 Å². The van der Waals surface area contributed by atoms with Crippen molar-refractivity contribution < 1.29 is 9.66 Å². The molecule has 0 aliphatic carbocycles. The summed E-state index contributed by atoms with van der Waals surface area (Å²) in [6.45, 7) is 2.78. The third-order valence-electron chi connectivity index (χ3n) is 4.85. The highest BCUT2D eigenvalue weighted by Gasteiger charge is 2.19. The van der Waals surface area contributed by atoms with Gasteiger partial charge in [0.05, 0.1) is 12.0 Å². The molecule has 3 rings (SSSR count). The standard InChI is InChI=1S/C19H23N3O4/c1-20-13-17(18(26-2)11-19(20)23)16-10-15(22(24)25)7-6-14(16)12-21-8-4-3-5-9-21/h6-7,10-11,13H,3-5,8-9,12H2,1-2H3. The van der Waals surface area contributed by atoms with Crippen molar-refractivity contribution in [3.8, 4) is 16.9 Å². The molecule has 0 atom stereocenters. The van der Waals surface area contributed by atoms with Crippen molar-refractivity contribution in [2.24, 2.45) is 7.05 Å². The van der Waals surface area contributed by atoms with E-state index in [4.69, 9.17) is 4.74 Å². The van der Waals surface area contributed by atoms with Crippen LogP contribution in [0, 0.1) is 10.1 Å². The SMILES string of the molecule is COc1cc(=O)n(C)cc1-c1cc([N+](=O)[O-])ccc1CN1CCCCC1. The molecule has 0 amide bonds. The lowest BCUT2D eigenvalue weighted by Gasteiger charge is -2.27. The number of pyridine rings is 1. The first-order chi connectivity index (χ1) is 12.5. The summed E-state index contributed by atoms with van der Waals surface area (Å²) < 4.78 is 6.84. The summed E-state index contributed by atoms with van der Waals surface area (Å²) in [5.74, 6) is 0.425. The summed E-state index contributed by atoms with van der Waals surface area (Å²) >= 11 is 0. The second-order valence-electron chi connectivity index (χ2n) is 6.64. The first-order valence-corrected chi connectivity index (χ1v) is 8.74. The van der Waals surface area contributed by atoms with Gasteiger partial charge >= 0.3 is 0 Å². The molecule has 2 heterocycles. The maximum atomic E-state index is 11.9. The minimum atomic E-state index is -0.400. The van der Waals surface area contributed by atoms with Crippen LogP contribution in [-0.4, -0.2) is 34.6 Å². The smallest absolute Gasteiger partial charge is 0.270 e. The number of nitro groups is 1. The van der Waals surface area contributed by atoms with Gasteiger partial charge in [-0.15, -0.1) is 0 Å². The molecule has 0 saturated carbocycles. The predicted octanol–water partition coefficient (Wildman–Crippen LogP) is 2.96. The molecular weight excluding hydrogens is 334 g/mol. The second kappa shape index (κ2) is 7.70. The van der Waals surface area contributed by atoms with Crippen molar-refractivity contribution in [1.29, 1.82) is 0 Å². The van der Waals surface area contributed by atoms with E-state index >= 15 is 0 Å². The quantitative estimate of drug-likeness (QED) is 0.607. The monoisotopic (exact) mass is 357 g/mol. The van der Waals surface area contributed by atoms with E-state index in [1.165, 1.54) is 43.1 Å². The minimum absolute atomic E-state index is 0.0262. The molecule has 1 aliphatic heterocycles. The maximum Gasteiger partial charge on any atom is 0.270 e. The first kappa shape index (κ1) is 18.1. The van der Waals surface area contributed by atoms with Gasteiger partial charge in [-0.2, -0.15) is 0 Å². The van der Waals surface area contributed by atoms with Crippen LogP contribution in [0.5, 0.6) is 5.75 Å². The van der Waals surface area contributed by atoms with Crippen LogP contribution in [0.3, 0.4) is 0 Å². The van der Waals surface area contributed by atoms with Gasteiger partial charge in [0.2, 0.25) is 0 Å². The van der Waals surface area contributed by atoms with Crippen LogP contribution in [-0.2, 0) is 13.6 Å². The number of aromatic nitrogens is 1. The minimum Gasteiger partial charge on any atom is -0.496 e. The van der Waals surface area contributed by atoms with E-state index in [1.54, 1.807) is 19.3 Å². The number of hydrogen-bond donors (Lipinski definition) is 0. The number of nitro benzene ring substituents is 1. The number of rotatable bonds is 5. The normalized spacial score (nSPS) is 15.0. The molecule has 7 heteroatoms. The number of likely N-dealkylation sites (tertiary alicyclic amines) is 1. The Morgan fingerprint density at radius 1 is 1.15 bits per heavy atom. The van der Waals surface area contributed by atoms with Crippen LogP contribution >= 0.6 is 0 Å². The largest absolute Gasteiger partial charge is 0.496 e. The van der Waals surface area contributed by atoms with Gasteiger partial charge in [0, 0.05) is 43.6 Å². The molecule has 7 nitrogen and oxygen atoms in total. The fraction of sp³-hybridized carbons (Fsp3) is 0.421. The zero-order valence-corrected chi connectivity index (χ0v) is 15.1. The molecule has 1 aromatic heterocycles. The van der Waals surface area contributed by atoms with Crippen LogP contribution in [0.2, 0.25) is 0 Å². The topological polar surface area (TPSA) is 77.6 Å². The molecule has 1 saturated heterocycles. The van der Waals surface area contributed by atoms with Crippen LogP contribution < -0.4 is 10.3 Å². The van der Waals surface area contributed by atoms with Gasteiger partial charge in [0.1, 0.15) is 5.75 Å². The molecule has 1 aromatic carbocycles. The number of non-ortho nitro benzene ring substituents is 1. The van der Waals surface area contributed by atoms with E-state index in [0.717, 1.165) is 30.8 Å². The molecule has 1 aliphatic rings. The van der Waals surface area contributed by atoms with Gasteiger partial charge in [0.15, 0.2) is 0 Å². The van der Waals surface area contributed by atoms with E-state index < -0.39 is 4.92 Å². The Morgan fingerprint density at radius 2 is 1.88 bits per heavy atom. The van der Waals surface area contributed by atoms with Crippen molar-refractivity contribution in [1.82, 2.24) is 9.47 Å². The van der Waals surface area contributed by atoms with Crippen molar-refractivity contribution in [3.05, 3.63) is 56.5 Å². The van der Waals surface area contributed by atoms with E-state index in [-0.39, 0.29) is 11.2 Å². The Balaban J connectivity index is 2.11. The van der Waals surface area contributed by atoms with Gasteiger partial charge < -0.3 is 9.30 Å². The van der Waals surface area contributed by atoms with Crippen LogP contribution in [0.15, 0.2) is 35.3 Å². The second-order valence-corrected chi connectivity index (χ2v) is 6.64. The Hall–Kier alpha value is -2.67. The lowest BCUT2D eigenvalue weighted by Crippen LogP contribution is -2.29. The average molecular weight is 357 g/mol. The molecule has 1 fully saturated rings. The molecule has 0 spiro atoms.